The molecule has 1 fully saturated rings. The molecule has 0 radical (unpaired) electrons. The van der Waals surface area contributed by atoms with E-state index in [1.165, 1.54) is 6.20 Å². The van der Waals surface area contributed by atoms with E-state index in [1.807, 2.05) is 0 Å². The molecule has 1 heterocycles. The molecule has 0 unspecified atom stereocenters. The maximum atomic E-state index is 12.3. The van der Waals surface area contributed by atoms with E-state index < -0.39 is 0 Å². The van der Waals surface area contributed by atoms with Crippen molar-refractivity contribution in [3.63, 3.8) is 0 Å². The molecular formula is C13H17ClN2O2. The number of carbonyl (C=O) groups is 1. The van der Waals surface area contributed by atoms with Gasteiger partial charge in [-0.1, -0.05) is 24.4 Å². The molecule has 0 atom stereocenters. The first-order chi connectivity index (χ1) is 8.72. The molecule has 1 amide bonds. The standard InChI is InChI=1S/C13H17ClN2O2/c14-10-5-6-12(15-9-10)13(18)16(7-8-17)11-3-1-2-4-11/h5-6,9,11,17H,1-4,7-8H2. The van der Waals surface area contributed by atoms with Crippen LogP contribution in [0.15, 0.2) is 18.3 Å². The molecule has 0 aromatic carbocycles. The van der Waals surface area contributed by atoms with Gasteiger partial charge in [0.2, 0.25) is 0 Å². The predicted molar refractivity (Wildman–Crippen MR) is 69.6 cm³/mol. The van der Waals surface area contributed by atoms with Crippen LogP contribution in [0.1, 0.15) is 36.2 Å². The van der Waals surface area contributed by atoms with E-state index >= 15 is 0 Å². The highest BCUT2D eigenvalue weighted by Gasteiger charge is 2.27. The minimum absolute atomic E-state index is 0.0180. The van der Waals surface area contributed by atoms with Gasteiger partial charge in [0.05, 0.1) is 11.6 Å². The Bertz CT molecular complexity index is 402. The molecule has 18 heavy (non-hydrogen) atoms. The highest BCUT2D eigenvalue weighted by Crippen LogP contribution is 2.24. The maximum absolute atomic E-state index is 12.3. The summed E-state index contributed by atoms with van der Waals surface area (Å²) in [4.78, 5) is 18.1. The lowest BCUT2D eigenvalue weighted by atomic mass is 10.2. The lowest BCUT2D eigenvalue weighted by Gasteiger charge is -2.28. The number of halogens is 1. The molecule has 1 saturated carbocycles. The molecule has 0 spiro atoms. The van der Waals surface area contributed by atoms with Crippen molar-refractivity contribution >= 4 is 17.5 Å². The SMILES string of the molecule is O=C(c1ccc(Cl)cn1)N(CCO)C1CCCC1. The van der Waals surface area contributed by atoms with E-state index in [0.717, 1.165) is 25.7 Å². The number of amides is 1. The molecule has 4 nitrogen and oxygen atoms in total. The third kappa shape index (κ3) is 3.00. The van der Waals surface area contributed by atoms with Crippen molar-refractivity contribution < 1.29 is 9.90 Å². The van der Waals surface area contributed by atoms with Gasteiger partial charge in [0.1, 0.15) is 5.69 Å². The molecule has 1 aliphatic carbocycles. The van der Waals surface area contributed by atoms with E-state index in [0.29, 0.717) is 17.3 Å². The highest BCUT2D eigenvalue weighted by atomic mass is 35.5. The zero-order valence-electron chi connectivity index (χ0n) is 10.2. The summed E-state index contributed by atoms with van der Waals surface area (Å²) < 4.78 is 0. The fourth-order valence-electron chi connectivity index (χ4n) is 2.42. The summed E-state index contributed by atoms with van der Waals surface area (Å²) in [5.41, 5.74) is 0.389. The Balaban J connectivity index is 2.14. The van der Waals surface area contributed by atoms with Crippen LogP contribution in [-0.2, 0) is 0 Å². The quantitative estimate of drug-likeness (QED) is 0.910. The Morgan fingerprint density at radius 3 is 2.72 bits per heavy atom. The van der Waals surface area contributed by atoms with Crippen molar-refractivity contribution in [3.8, 4) is 0 Å². The summed E-state index contributed by atoms with van der Waals surface area (Å²) in [6, 6.07) is 3.53. The second-order valence-electron chi connectivity index (χ2n) is 4.52. The maximum Gasteiger partial charge on any atom is 0.272 e. The molecule has 1 aliphatic rings. The molecular weight excluding hydrogens is 252 g/mol. The van der Waals surface area contributed by atoms with Crippen LogP contribution in [-0.4, -0.2) is 40.1 Å². The summed E-state index contributed by atoms with van der Waals surface area (Å²) in [6.45, 7) is 0.351. The number of rotatable bonds is 4. The van der Waals surface area contributed by atoms with Crippen molar-refractivity contribution in [2.45, 2.75) is 31.7 Å². The molecule has 1 N–H and O–H groups in total. The van der Waals surface area contributed by atoms with E-state index in [4.69, 9.17) is 16.7 Å². The van der Waals surface area contributed by atoms with Crippen LogP contribution in [0.25, 0.3) is 0 Å². The number of nitrogens with zero attached hydrogens (tertiary/aromatic N) is 2. The van der Waals surface area contributed by atoms with Gasteiger partial charge in [-0.25, -0.2) is 4.98 Å². The van der Waals surface area contributed by atoms with Crippen molar-refractivity contribution in [1.29, 1.82) is 0 Å². The van der Waals surface area contributed by atoms with E-state index in [9.17, 15) is 4.79 Å². The lowest BCUT2D eigenvalue weighted by Crippen LogP contribution is -2.41. The van der Waals surface area contributed by atoms with Gasteiger partial charge in [0.15, 0.2) is 0 Å². The number of hydrogen-bond acceptors (Lipinski definition) is 3. The molecule has 5 heteroatoms. The molecule has 0 aliphatic heterocycles. The van der Waals surface area contributed by atoms with E-state index in [1.54, 1.807) is 17.0 Å². The molecule has 1 aromatic rings. The van der Waals surface area contributed by atoms with Gasteiger partial charge in [-0.3, -0.25) is 4.79 Å². The second kappa shape index (κ2) is 6.16. The fourth-order valence-corrected chi connectivity index (χ4v) is 2.53. The number of hydrogen-bond donors (Lipinski definition) is 1. The average molecular weight is 269 g/mol. The van der Waals surface area contributed by atoms with Gasteiger partial charge in [0, 0.05) is 18.8 Å². The van der Waals surface area contributed by atoms with Gasteiger partial charge in [-0.2, -0.15) is 0 Å². The van der Waals surface area contributed by atoms with Crippen molar-refractivity contribution in [1.82, 2.24) is 9.88 Å². The smallest absolute Gasteiger partial charge is 0.272 e. The van der Waals surface area contributed by atoms with Crippen molar-refractivity contribution in [2.75, 3.05) is 13.2 Å². The summed E-state index contributed by atoms with van der Waals surface area (Å²) >= 11 is 5.76. The van der Waals surface area contributed by atoms with Crippen molar-refractivity contribution in [2.24, 2.45) is 0 Å². The predicted octanol–water partition coefficient (Wildman–Crippen LogP) is 2.11. The Morgan fingerprint density at radius 2 is 2.17 bits per heavy atom. The third-order valence-electron chi connectivity index (χ3n) is 3.31. The molecule has 0 saturated heterocycles. The minimum atomic E-state index is -0.118. The number of aliphatic hydroxyl groups excluding tert-OH is 1. The van der Waals surface area contributed by atoms with Gasteiger partial charge in [0.25, 0.3) is 5.91 Å². The fraction of sp³-hybridized carbons (Fsp3) is 0.538. The van der Waals surface area contributed by atoms with Crippen LogP contribution in [0.5, 0.6) is 0 Å². The monoisotopic (exact) mass is 268 g/mol. The molecule has 98 valence electrons. The largest absolute Gasteiger partial charge is 0.395 e. The van der Waals surface area contributed by atoms with Crippen LogP contribution in [0.2, 0.25) is 5.02 Å². The van der Waals surface area contributed by atoms with Crippen LogP contribution in [0.3, 0.4) is 0 Å². The Morgan fingerprint density at radius 1 is 1.44 bits per heavy atom. The van der Waals surface area contributed by atoms with E-state index in [-0.39, 0.29) is 18.6 Å². The van der Waals surface area contributed by atoms with Crippen LogP contribution in [0, 0.1) is 0 Å². The van der Waals surface area contributed by atoms with Gasteiger partial charge in [-0.05, 0) is 25.0 Å². The molecule has 0 bridgehead atoms. The van der Waals surface area contributed by atoms with Crippen LogP contribution < -0.4 is 0 Å². The zero-order chi connectivity index (χ0) is 13.0. The Hall–Kier alpha value is -1.13. The first-order valence-corrected chi connectivity index (χ1v) is 6.63. The Kier molecular flexibility index (Phi) is 4.55. The second-order valence-corrected chi connectivity index (χ2v) is 4.96. The third-order valence-corrected chi connectivity index (χ3v) is 3.54. The number of carbonyl (C=O) groups excluding carboxylic acids is 1. The average Bonchev–Trinajstić information content (AvgIpc) is 2.90. The van der Waals surface area contributed by atoms with Crippen molar-refractivity contribution in [3.05, 3.63) is 29.0 Å². The summed E-state index contributed by atoms with van der Waals surface area (Å²) in [5, 5.41) is 9.62. The highest BCUT2D eigenvalue weighted by molar-refractivity contribution is 6.30. The lowest BCUT2D eigenvalue weighted by molar-refractivity contribution is 0.0632. The van der Waals surface area contributed by atoms with E-state index in [2.05, 4.69) is 4.98 Å². The first kappa shape index (κ1) is 13.3. The van der Waals surface area contributed by atoms with Gasteiger partial charge in [-0.15, -0.1) is 0 Å². The van der Waals surface area contributed by atoms with Gasteiger partial charge >= 0.3 is 0 Å². The summed E-state index contributed by atoms with van der Waals surface area (Å²) in [7, 11) is 0. The summed E-state index contributed by atoms with van der Waals surface area (Å²) in [6.07, 6.45) is 5.79. The number of aromatic nitrogens is 1. The first-order valence-electron chi connectivity index (χ1n) is 6.26. The molecule has 2 rings (SSSR count). The zero-order valence-corrected chi connectivity index (χ0v) is 10.9. The summed E-state index contributed by atoms with van der Waals surface area (Å²) in [5.74, 6) is -0.118. The number of aliphatic hydroxyl groups is 1. The van der Waals surface area contributed by atoms with Gasteiger partial charge < -0.3 is 10.0 Å². The Labute approximate surface area is 112 Å². The van der Waals surface area contributed by atoms with Crippen LogP contribution >= 0.6 is 11.6 Å². The number of pyridine rings is 1. The molecule has 1 aromatic heterocycles. The van der Waals surface area contributed by atoms with Crippen LogP contribution in [0.4, 0.5) is 0 Å². The minimum Gasteiger partial charge on any atom is -0.395 e. The normalized spacial score (nSPS) is 15.9. The topological polar surface area (TPSA) is 53.4 Å².